The van der Waals surface area contributed by atoms with Gasteiger partial charge < -0.3 is 0 Å². The fourth-order valence-corrected chi connectivity index (χ4v) is 2.32. The van der Waals surface area contributed by atoms with Gasteiger partial charge in [0.25, 0.3) is 0 Å². The van der Waals surface area contributed by atoms with Gasteiger partial charge in [-0.2, -0.15) is 4.57 Å². The first kappa shape index (κ1) is 13.4. The summed E-state index contributed by atoms with van der Waals surface area (Å²) in [6.07, 6.45) is 4.76. The van der Waals surface area contributed by atoms with Crippen molar-refractivity contribution in [1.82, 2.24) is 0 Å². The molecular formula is C14H14NO3S+. The smallest absolute Gasteiger partial charge is 0.227 e. The predicted molar refractivity (Wildman–Crippen MR) is 70.5 cm³/mol. The SMILES string of the molecule is CS(=O)(=O)c1ccc(C(=O)C[n+]2ccccc2)cc1. The van der Waals surface area contributed by atoms with Crippen LogP contribution >= 0.6 is 0 Å². The van der Waals surface area contributed by atoms with Gasteiger partial charge in [0.2, 0.25) is 12.3 Å². The molecule has 0 unspecified atom stereocenters. The lowest BCUT2D eigenvalue weighted by molar-refractivity contribution is -0.683. The van der Waals surface area contributed by atoms with Gasteiger partial charge >= 0.3 is 0 Å². The first-order chi connectivity index (χ1) is 8.97. The number of benzene rings is 1. The Kier molecular flexibility index (Phi) is 3.76. The van der Waals surface area contributed by atoms with E-state index in [1.807, 2.05) is 30.6 Å². The summed E-state index contributed by atoms with van der Waals surface area (Å²) in [7, 11) is -3.22. The lowest BCUT2D eigenvalue weighted by Crippen LogP contribution is -2.36. The first-order valence-corrected chi connectivity index (χ1v) is 7.63. The van der Waals surface area contributed by atoms with Gasteiger partial charge in [0.1, 0.15) is 0 Å². The third-order valence-corrected chi connectivity index (χ3v) is 3.84. The minimum Gasteiger partial charge on any atom is -0.287 e. The van der Waals surface area contributed by atoms with E-state index in [4.69, 9.17) is 0 Å². The van der Waals surface area contributed by atoms with Crippen molar-refractivity contribution in [3.8, 4) is 0 Å². The maximum Gasteiger partial charge on any atom is 0.227 e. The number of ketones is 1. The summed E-state index contributed by atoms with van der Waals surface area (Å²) < 4.78 is 24.4. The number of aromatic nitrogens is 1. The topological polar surface area (TPSA) is 55.1 Å². The molecule has 0 N–H and O–H groups in total. The van der Waals surface area contributed by atoms with Crippen molar-refractivity contribution in [2.45, 2.75) is 11.4 Å². The highest BCUT2D eigenvalue weighted by Gasteiger charge is 2.13. The third kappa shape index (κ3) is 3.48. The molecule has 0 fully saturated rings. The van der Waals surface area contributed by atoms with E-state index in [9.17, 15) is 13.2 Å². The van der Waals surface area contributed by atoms with E-state index < -0.39 is 9.84 Å². The van der Waals surface area contributed by atoms with Crippen molar-refractivity contribution in [2.75, 3.05) is 6.26 Å². The van der Waals surface area contributed by atoms with E-state index in [2.05, 4.69) is 0 Å². The summed E-state index contributed by atoms with van der Waals surface area (Å²) in [5, 5.41) is 0. The van der Waals surface area contributed by atoms with Crippen LogP contribution < -0.4 is 4.57 Å². The maximum atomic E-state index is 12.0. The standard InChI is InChI=1S/C14H14NO3S/c1-19(17,18)13-7-5-12(6-8-13)14(16)11-15-9-3-2-4-10-15/h2-10H,11H2,1H3/q+1. The first-order valence-electron chi connectivity index (χ1n) is 5.74. The highest BCUT2D eigenvalue weighted by molar-refractivity contribution is 7.90. The number of sulfone groups is 1. The normalized spacial score (nSPS) is 11.2. The van der Waals surface area contributed by atoms with Crippen molar-refractivity contribution in [2.24, 2.45) is 0 Å². The second kappa shape index (κ2) is 5.32. The molecule has 0 radical (unpaired) electrons. The zero-order valence-corrected chi connectivity index (χ0v) is 11.3. The van der Waals surface area contributed by atoms with Gasteiger partial charge in [0, 0.05) is 24.0 Å². The summed E-state index contributed by atoms with van der Waals surface area (Å²) in [6.45, 7) is 0.235. The van der Waals surface area contributed by atoms with Crippen molar-refractivity contribution in [3.63, 3.8) is 0 Å². The molecule has 0 aliphatic heterocycles. The molecule has 1 aromatic carbocycles. The van der Waals surface area contributed by atoms with Crippen molar-refractivity contribution in [3.05, 3.63) is 60.4 Å². The zero-order valence-electron chi connectivity index (χ0n) is 10.5. The fraction of sp³-hybridized carbons (Fsp3) is 0.143. The molecule has 2 aromatic rings. The van der Waals surface area contributed by atoms with Crippen LogP contribution in [0.5, 0.6) is 0 Å². The molecule has 0 saturated heterocycles. The molecule has 1 heterocycles. The Morgan fingerprint density at radius 2 is 1.63 bits per heavy atom. The van der Waals surface area contributed by atoms with Gasteiger partial charge in [-0.05, 0) is 24.3 Å². The van der Waals surface area contributed by atoms with Gasteiger partial charge in [0.05, 0.1) is 4.90 Å². The van der Waals surface area contributed by atoms with Gasteiger partial charge in [0.15, 0.2) is 22.2 Å². The molecule has 0 amide bonds. The van der Waals surface area contributed by atoms with Crippen LogP contribution in [-0.4, -0.2) is 20.5 Å². The van der Waals surface area contributed by atoms with Crippen LogP contribution in [-0.2, 0) is 16.4 Å². The van der Waals surface area contributed by atoms with Crippen LogP contribution in [0.3, 0.4) is 0 Å². The van der Waals surface area contributed by atoms with E-state index >= 15 is 0 Å². The highest BCUT2D eigenvalue weighted by atomic mass is 32.2. The van der Waals surface area contributed by atoms with Crippen LogP contribution in [0.25, 0.3) is 0 Å². The van der Waals surface area contributed by atoms with Crippen LogP contribution in [0.4, 0.5) is 0 Å². The Morgan fingerprint density at radius 1 is 1.05 bits per heavy atom. The average molecular weight is 276 g/mol. The fourth-order valence-electron chi connectivity index (χ4n) is 1.68. The number of carbonyl (C=O) groups is 1. The Morgan fingerprint density at radius 3 is 2.16 bits per heavy atom. The van der Waals surface area contributed by atoms with Crippen LogP contribution in [0, 0.1) is 0 Å². The third-order valence-electron chi connectivity index (χ3n) is 2.71. The zero-order chi connectivity index (χ0) is 13.9. The largest absolute Gasteiger partial charge is 0.287 e. The number of pyridine rings is 1. The molecule has 98 valence electrons. The Hall–Kier alpha value is -2.01. The molecule has 0 atom stereocenters. The number of rotatable bonds is 4. The minimum atomic E-state index is -3.22. The van der Waals surface area contributed by atoms with Gasteiger partial charge in [-0.3, -0.25) is 4.79 Å². The van der Waals surface area contributed by atoms with E-state index in [1.54, 1.807) is 16.7 Å². The molecule has 4 nitrogen and oxygen atoms in total. The summed E-state index contributed by atoms with van der Waals surface area (Å²) in [4.78, 5) is 12.2. The summed E-state index contributed by atoms with van der Waals surface area (Å²) >= 11 is 0. The Labute approximate surface area is 112 Å². The highest BCUT2D eigenvalue weighted by Crippen LogP contribution is 2.10. The van der Waals surface area contributed by atoms with Gasteiger partial charge in [-0.25, -0.2) is 8.42 Å². The lowest BCUT2D eigenvalue weighted by Gasteiger charge is -2.00. The van der Waals surface area contributed by atoms with Crippen LogP contribution in [0.15, 0.2) is 59.8 Å². The molecule has 1 aromatic heterocycles. The van der Waals surface area contributed by atoms with Crippen LogP contribution in [0.2, 0.25) is 0 Å². The quantitative estimate of drug-likeness (QED) is 0.624. The predicted octanol–water partition coefficient (Wildman–Crippen LogP) is 1.26. The molecule has 0 saturated carbocycles. The van der Waals surface area contributed by atoms with Gasteiger partial charge in [-0.15, -0.1) is 0 Å². The number of Topliss-reactive ketones (excluding diaryl/α,β-unsaturated/α-hetero) is 1. The van der Waals surface area contributed by atoms with Gasteiger partial charge in [-0.1, -0.05) is 6.07 Å². The van der Waals surface area contributed by atoms with E-state index in [0.717, 1.165) is 6.26 Å². The molecule has 0 spiro atoms. The van der Waals surface area contributed by atoms with Crippen LogP contribution in [0.1, 0.15) is 10.4 Å². The summed E-state index contributed by atoms with van der Waals surface area (Å²) in [6, 6.07) is 11.6. The number of carbonyl (C=O) groups excluding carboxylic acids is 1. The second-order valence-corrected chi connectivity index (χ2v) is 6.28. The lowest BCUT2D eigenvalue weighted by atomic mass is 10.1. The Balaban J connectivity index is 2.17. The Bertz CT molecular complexity index is 676. The molecule has 2 rings (SSSR count). The molecule has 0 aliphatic carbocycles. The summed E-state index contributed by atoms with van der Waals surface area (Å²) in [5.74, 6) is -0.0590. The van der Waals surface area contributed by atoms with E-state index in [0.29, 0.717) is 5.56 Å². The number of hydrogen-bond donors (Lipinski definition) is 0. The molecule has 19 heavy (non-hydrogen) atoms. The van der Waals surface area contributed by atoms with Crippen molar-refractivity contribution < 1.29 is 17.8 Å². The number of hydrogen-bond acceptors (Lipinski definition) is 3. The van der Waals surface area contributed by atoms with Crippen molar-refractivity contribution >= 4 is 15.6 Å². The number of nitrogens with zero attached hydrogens (tertiary/aromatic N) is 1. The second-order valence-electron chi connectivity index (χ2n) is 4.27. The van der Waals surface area contributed by atoms with E-state index in [1.165, 1.54) is 12.1 Å². The molecule has 0 bridgehead atoms. The van der Waals surface area contributed by atoms with Crippen molar-refractivity contribution in [1.29, 1.82) is 0 Å². The summed E-state index contributed by atoms with van der Waals surface area (Å²) in [5.41, 5.74) is 0.503. The molecular weight excluding hydrogens is 262 g/mol. The average Bonchev–Trinajstić information content (AvgIpc) is 2.39. The molecule has 5 heteroatoms. The molecule has 0 aliphatic rings. The minimum absolute atomic E-state index is 0.0590. The maximum absolute atomic E-state index is 12.0. The monoisotopic (exact) mass is 276 g/mol. The van der Waals surface area contributed by atoms with E-state index in [-0.39, 0.29) is 17.2 Å².